The first-order chi connectivity index (χ1) is 4.77. The van der Waals surface area contributed by atoms with Crippen molar-refractivity contribution in [3.63, 3.8) is 0 Å². The SMILES string of the molecule is NCCNC/C=C/C(N)=O. The maximum absolute atomic E-state index is 10.1. The number of hydrogen-bond acceptors (Lipinski definition) is 3. The molecule has 0 fully saturated rings. The minimum absolute atomic E-state index is 0.422. The number of amides is 1. The molecule has 0 aromatic rings. The van der Waals surface area contributed by atoms with Gasteiger partial charge in [-0.25, -0.2) is 0 Å². The van der Waals surface area contributed by atoms with Crippen LogP contribution >= 0.6 is 0 Å². The summed E-state index contributed by atoms with van der Waals surface area (Å²) in [6, 6.07) is 0. The summed E-state index contributed by atoms with van der Waals surface area (Å²) < 4.78 is 0. The summed E-state index contributed by atoms with van der Waals surface area (Å²) in [5.41, 5.74) is 10.0. The van der Waals surface area contributed by atoms with E-state index in [0.717, 1.165) is 6.54 Å². The quantitative estimate of drug-likeness (QED) is 0.326. The van der Waals surface area contributed by atoms with Crippen molar-refractivity contribution in [2.75, 3.05) is 19.6 Å². The Hall–Kier alpha value is -0.870. The van der Waals surface area contributed by atoms with Crippen LogP contribution < -0.4 is 16.8 Å². The summed E-state index contributed by atoms with van der Waals surface area (Å²) in [6.07, 6.45) is 2.99. The van der Waals surface area contributed by atoms with Crippen LogP contribution in [0.3, 0.4) is 0 Å². The molecule has 58 valence electrons. The van der Waals surface area contributed by atoms with E-state index in [1.165, 1.54) is 6.08 Å². The Labute approximate surface area is 60.3 Å². The van der Waals surface area contributed by atoms with E-state index in [0.29, 0.717) is 13.1 Å². The highest BCUT2D eigenvalue weighted by atomic mass is 16.1. The zero-order valence-electron chi connectivity index (χ0n) is 5.84. The molecule has 5 N–H and O–H groups in total. The first-order valence-corrected chi connectivity index (χ1v) is 3.14. The van der Waals surface area contributed by atoms with Crippen LogP contribution in [0.25, 0.3) is 0 Å². The molecular formula is C6H13N3O. The lowest BCUT2D eigenvalue weighted by molar-refractivity contribution is -0.113. The van der Waals surface area contributed by atoms with Crippen LogP contribution in [-0.2, 0) is 4.79 Å². The molecule has 0 aromatic heterocycles. The normalized spacial score (nSPS) is 10.5. The predicted molar refractivity (Wildman–Crippen MR) is 40.3 cm³/mol. The molecule has 10 heavy (non-hydrogen) atoms. The molecular weight excluding hydrogens is 130 g/mol. The lowest BCUT2D eigenvalue weighted by Gasteiger charge is -1.94. The van der Waals surface area contributed by atoms with Gasteiger partial charge in [0.2, 0.25) is 5.91 Å². The number of nitrogens with two attached hydrogens (primary N) is 2. The minimum Gasteiger partial charge on any atom is -0.366 e. The number of rotatable bonds is 5. The summed E-state index contributed by atoms with van der Waals surface area (Å²) in [5, 5.41) is 2.97. The zero-order chi connectivity index (χ0) is 7.82. The van der Waals surface area contributed by atoms with Crippen molar-refractivity contribution in [1.82, 2.24) is 5.32 Å². The van der Waals surface area contributed by atoms with E-state index in [1.54, 1.807) is 6.08 Å². The van der Waals surface area contributed by atoms with Gasteiger partial charge in [-0.05, 0) is 6.08 Å². The van der Waals surface area contributed by atoms with Gasteiger partial charge in [-0.3, -0.25) is 4.79 Å². The van der Waals surface area contributed by atoms with Crippen LogP contribution in [0.15, 0.2) is 12.2 Å². The highest BCUT2D eigenvalue weighted by Gasteiger charge is 1.81. The fourth-order valence-electron chi connectivity index (χ4n) is 0.463. The second-order valence-corrected chi connectivity index (χ2v) is 1.80. The largest absolute Gasteiger partial charge is 0.366 e. The molecule has 1 amide bonds. The molecule has 0 saturated heterocycles. The van der Waals surface area contributed by atoms with E-state index in [4.69, 9.17) is 11.5 Å². The maximum Gasteiger partial charge on any atom is 0.241 e. The van der Waals surface area contributed by atoms with Gasteiger partial charge in [-0.2, -0.15) is 0 Å². The third kappa shape index (κ3) is 7.13. The Morgan fingerprint density at radius 3 is 2.80 bits per heavy atom. The van der Waals surface area contributed by atoms with Crippen molar-refractivity contribution < 1.29 is 4.79 Å². The third-order valence-electron chi connectivity index (χ3n) is 0.865. The van der Waals surface area contributed by atoms with Crippen molar-refractivity contribution in [3.05, 3.63) is 12.2 Å². The molecule has 0 rings (SSSR count). The number of primary amides is 1. The van der Waals surface area contributed by atoms with Gasteiger partial charge in [0.15, 0.2) is 0 Å². The Balaban J connectivity index is 3.10. The van der Waals surface area contributed by atoms with Crippen molar-refractivity contribution in [1.29, 1.82) is 0 Å². The van der Waals surface area contributed by atoms with E-state index < -0.39 is 5.91 Å². The van der Waals surface area contributed by atoms with E-state index in [2.05, 4.69) is 5.32 Å². The van der Waals surface area contributed by atoms with Gasteiger partial charge in [0.25, 0.3) is 0 Å². The summed E-state index contributed by atoms with van der Waals surface area (Å²) in [6.45, 7) is 1.99. The molecule has 0 atom stereocenters. The lowest BCUT2D eigenvalue weighted by atomic mass is 10.4. The van der Waals surface area contributed by atoms with Crippen LogP contribution in [0, 0.1) is 0 Å². The first-order valence-electron chi connectivity index (χ1n) is 3.14. The molecule has 0 bridgehead atoms. The molecule has 0 aliphatic rings. The summed E-state index contributed by atoms with van der Waals surface area (Å²) in [5.74, 6) is -0.422. The third-order valence-corrected chi connectivity index (χ3v) is 0.865. The van der Waals surface area contributed by atoms with Crippen LogP contribution in [0.4, 0.5) is 0 Å². The van der Waals surface area contributed by atoms with Gasteiger partial charge in [0.1, 0.15) is 0 Å². The fraction of sp³-hybridized carbons (Fsp3) is 0.500. The van der Waals surface area contributed by atoms with Crippen molar-refractivity contribution in [2.24, 2.45) is 11.5 Å². The molecule has 0 spiro atoms. The molecule has 0 saturated carbocycles. The van der Waals surface area contributed by atoms with Crippen LogP contribution in [0.2, 0.25) is 0 Å². The molecule has 0 radical (unpaired) electrons. The highest BCUT2D eigenvalue weighted by molar-refractivity contribution is 5.85. The van der Waals surface area contributed by atoms with Crippen LogP contribution in [-0.4, -0.2) is 25.5 Å². The number of carbonyl (C=O) groups excluding carboxylic acids is 1. The van der Waals surface area contributed by atoms with Gasteiger partial charge in [0.05, 0.1) is 0 Å². The van der Waals surface area contributed by atoms with E-state index in [1.807, 2.05) is 0 Å². The minimum atomic E-state index is -0.422. The van der Waals surface area contributed by atoms with E-state index in [-0.39, 0.29) is 0 Å². The average molecular weight is 143 g/mol. The van der Waals surface area contributed by atoms with E-state index >= 15 is 0 Å². The summed E-state index contributed by atoms with van der Waals surface area (Å²) in [7, 11) is 0. The Kier molecular flexibility index (Phi) is 5.71. The Morgan fingerprint density at radius 1 is 1.60 bits per heavy atom. The van der Waals surface area contributed by atoms with Crippen molar-refractivity contribution >= 4 is 5.91 Å². The molecule has 0 unspecified atom stereocenters. The predicted octanol–water partition coefficient (Wildman–Crippen LogP) is -1.42. The topological polar surface area (TPSA) is 81.1 Å². The van der Waals surface area contributed by atoms with E-state index in [9.17, 15) is 4.79 Å². The maximum atomic E-state index is 10.1. The number of nitrogens with one attached hydrogen (secondary N) is 1. The standard InChI is InChI=1S/C6H13N3O/c7-3-5-9-4-1-2-6(8)10/h1-2,9H,3-5,7H2,(H2,8,10)/b2-1+. The average Bonchev–Trinajstić information content (AvgIpc) is 1.87. The van der Waals surface area contributed by atoms with Crippen molar-refractivity contribution in [3.8, 4) is 0 Å². The lowest BCUT2D eigenvalue weighted by Crippen LogP contribution is -2.22. The first kappa shape index (κ1) is 9.13. The molecule has 4 nitrogen and oxygen atoms in total. The Morgan fingerprint density at radius 2 is 2.30 bits per heavy atom. The fourth-order valence-corrected chi connectivity index (χ4v) is 0.463. The molecule has 4 heteroatoms. The summed E-state index contributed by atoms with van der Waals surface area (Å²) in [4.78, 5) is 10.1. The smallest absolute Gasteiger partial charge is 0.241 e. The van der Waals surface area contributed by atoms with Gasteiger partial charge in [0, 0.05) is 19.6 Å². The molecule has 0 aromatic carbocycles. The zero-order valence-corrected chi connectivity index (χ0v) is 5.84. The van der Waals surface area contributed by atoms with Gasteiger partial charge in [-0.1, -0.05) is 6.08 Å². The molecule has 0 aliphatic carbocycles. The monoisotopic (exact) mass is 143 g/mol. The van der Waals surface area contributed by atoms with Gasteiger partial charge in [-0.15, -0.1) is 0 Å². The van der Waals surface area contributed by atoms with Crippen LogP contribution in [0.1, 0.15) is 0 Å². The summed E-state index contributed by atoms with van der Waals surface area (Å²) >= 11 is 0. The second kappa shape index (κ2) is 6.25. The second-order valence-electron chi connectivity index (χ2n) is 1.80. The molecule has 0 aliphatic heterocycles. The van der Waals surface area contributed by atoms with Gasteiger partial charge >= 0.3 is 0 Å². The molecule has 0 heterocycles. The van der Waals surface area contributed by atoms with Crippen molar-refractivity contribution in [2.45, 2.75) is 0 Å². The van der Waals surface area contributed by atoms with Gasteiger partial charge < -0.3 is 16.8 Å². The highest BCUT2D eigenvalue weighted by Crippen LogP contribution is 1.67. The van der Waals surface area contributed by atoms with Crippen LogP contribution in [0.5, 0.6) is 0 Å². The number of carbonyl (C=O) groups is 1. The number of hydrogen-bond donors (Lipinski definition) is 3. The Bertz CT molecular complexity index is 122.